The summed E-state index contributed by atoms with van der Waals surface area (Å²) in [7, 11) is 0. The van der Waals surface area contributed by atoms with Crippen LogP contribution in [0.25, 0.3) is 6.08 Å². The Morgan fingerprint density at radius 1 is 1.08 bits per heavy atom. The number of piperidine rings is 1. The molecule has 6 nitrogen and oxygen atoms in total. The van der Waals surface area contributed by atoms with Gasteiger partial charge in [0.1, 0.15) is 0 Å². The molecule has 2 rings (SSSR count). The summed E-state index contributed by atoms with van der Waals surface area (Å²) in [4.78, 5) is 36.9. The molecular formula is C19H25N3O3. The van der Waals surface area contributed by atoms with E-state index in [1.807, 2.05) is 36.4 Å². The Kier molecular flexibility index (Phi) is 7.19. The van der Waals surface area contributed by atoms with Crippen molar-refractivity contribution in [2.24, 2.45) is 5.92 Å². The van der Waals surface area contributed by atoms with E-state index in [1.165, 1.54) is 6.92 Å². The van der Waals surface area contributed by atoms with Gasteiger partial charge in [-0.25, -0.2) is 0 Å². The Morgan fingerprint density at radius 2 is 1.72 bits per heavy atom. The molecule has 0 bridgehead atoms. The molecule has 134 valence electrons. The van der Waals surface area contributed by atoms with Crippen LogP contribution in [-0.2, 0) is 14.4 Å². The summed E-state index contributed by atoms with van der Waals surface area (Å²) in [5.41, 5.74) is 0.990. The molecule has 1 aromatic carbocycles. The largest absolute Gasteiger partial charge is 0.355 e. The third kappa shape index (κ3) is 6.41. The first-order valence-corrected chi connectivity index (χ1v) is 8.60. The molecule has 0 aliphatic carbocycles. The zero-order chi connectivity index (χ0) is 18.1. The molecule has 0 unspecified atom stereocenters. The van der Waals surface area contributed by atoms with Crippen molar-refractivity contribution in [1.29, 1.82) is 0 Å². The number of hydrogen-bond acceptors (Lipinski definition) is 3. The van der Waals surface area contributed by atoms with Gasteiger partial charge in [-0.15, -0.1) is 0 Å². The summed E-state index contributed by atoms with van der Waals surface area (Å²) in [6.45, 7) is 3.48. The maximum Gasteiger partial charge on any atom is 0.246 e. The van der Waals surface area contributed by atoms with Gasteiger partial charge in [0.25, 0.3) is 0 Å². The van der Waals surface area contributed by atoms with Crippen molar-refractivity contribution < 1.29 is 14.4 Å². The second-order valence-corrected chi connectivity index (χ2v) is 6.12. The standard InChI is InChI=1S/C19H25N3O3/c1-15(23)20-11-12-21-19(25)17-9-13-22(14-10-17)18(24)8-7-16-5-3-2-4-6-16/h2-8,17H,9-14H2,1H3,(H,20,23)(H,21,25)/b8-7-. The van der Waals surface area contributed by atoms with E-state index in [2.05, 4.69) is 10.6 Å². The Labute approximate surface area is 148 Å². The van der Waals surface area contributed by atoms with E-state index in [-0.39, 0.29) is 23.6 Å². The predicted molar refractivity (Wildman–Crippen MR) is 96.5 cm³/mol. The van der Waals surface area contributed by atoms with Crippen LogP contribution in [0.1, 0.15) is 25.3 Å². The maximum atomic E-state index is 12.2. The molecular weight excluding hydrogens is 318 g/mol. The summed E-state index contributed by atoms with van der Waals surface area (Å²) in [5, 5.41) is 5.47. The second kappa shape index (κ2) is 9.61. The minimum absolute atomic E-state index is 0.00252. The van der Waals surface area contributed by atoms with Crippen molar-refractivity contribution in [3.05, 3.63) is 42.0 Å². The monoisotopic (exact) mass is 343 g/mol. The van der Waals surface area contributed by atoms with Crippen LogP contribution in [-0.4, -0.2) is 48.8 Å². The van der Waals surface area contributed by atoms with Crippen LogP contribution in [0.4, 0.5) is 0 Å². The summed E-state index contributed by atoms with van der Waals surface area (Å²) in [5.74, 6) is -0.199. The van der Waals surface area contributed by atoms with E-state index >= 15 is 0 Å². The Morgan fingerprint density at radius 3 is 2.36 bits per heavy atom. The number of benzene rings is 1. The van der Waals surface area contributed by atoms with E-state index in [1.54, 1.807) is 11.0 Å². The molecule has 3 amide bonds. The van der Waals surface area contributed by atoms with Gasteiger partial charge < -0.3 is 15.5 Å². The van der Waals surface area contributed by atoms with Gasteiger partial charge in [0.05, 0.1) is 0 Å². The van der Waals surface area contributed by atoms with Gasteiger partial charge in [-0.1, -0.05) is 30.3 Å². The van der Waals surface area contributed by atoms with Crippen LogP contribution in [0, 0.1) is 5.92 Å². The van der Waals surface area contributed by atoms with Crippen molar-refractivity contribution in [1.82, 2.24) is 15.5 Å². The molecule has 6 heteroatoms. The molecule has 2 N–H and O–H groups in total. The van der Waals surface area contributed by atoms with Gasteiger partial charge in [-0.05, 0) is 24.5 Å². The van der Waals surface area contributed by atoms with Crippen molar-refractivity contribution in [3.8, 4) is 0 Å². The lowest BCUT2D eigenvalue weighted by Crippen LogP contribution is -2.43. The Hall–Kier alpha value is -2.63. The highest BCUT2D eigenvalue weighted by atomic mass is 16.2. The highest BCUT2D eigenvalue weighted by Gasteiger charge is 2.26. The van der Waals surface area contributed by atoms with Crippen LogP contribution in [0.15, 0.2) is 36.4 Å². The van der Waals surface area contributed by atoms with E-state index in [9.17, 15) is 14.4 Å². The number of rotatable bonds is 6. The SMILES string of the molecule is CC(=O)NCCNC(=O)C1CCN(C(=O)/C=C\c2ccccc2)CC1. The number of nitrogens with zero attached hydrogens (tertiary/aromatic N) is 1. The van der Waals surface area contributed by atoms with Gasteiger partial charge in [0.15, 0.2) is 0 Å². The fourth-order valence-corrected chi connectivity index (χ4v) is 2.77. The molecule has 25 heavy (non-hydrogen) atoms. The van der Waals surface area contributed by atoms with Crippen LogP contribution >= 0.6 is 0 Å². The number of amides is 3. The quantitative estimate of drug-likeness (QED) is 0.602. The molecule has 0 aromatic heterocycles. The lowest BCUT2D eigenvalue weighted by atomic mass is 9.96. The molecule has 1 aliphatic rings. The summed E-state index contributed by atoms with van der Waals surface area (Å²) in [6, 6.07) is 9.69. The molecule has 0 atom stereocenters. The fraction of sp³-hybridized carbons (Fsp3) is 0.421. The maximum absolute atomic E-state index is 12.2. The second-order valence-electron chi connectivity index (χ2n) is 6.12. The van der Waals surface area contributed by atoms with E-state index in [4.69, 9.17) is 0 Å². The molecule has 1 heterocycles. The predicted octanol–water partition coefficient (Wildman–Crippen LogP) is 1.19. The van der Waals surface area contributed by atoms with Gasteiger partial charge >= 0.3 is 0 Å². The molecule has 0 radical (unpaired) electrons. The molecule has 1 saturated heterocycles. The van der Waals surface area contributed by atoms with E-state index < -0.39 is 0 Å². The zero-order valence-corrected chi connectivity index (χ0v) is 14.5. The van der Waals surface area contributed by atoms with Crippen molar-refractivity contribution >= 4 is 23.8 Å². The smallest absolute Gasteiger partial charge is 0.246 e. The average Bonchev–Trinajstić information content (AvgIpc) is 2.64. The fourth-order valence-electron chi connectivity index (χ4n) is 2.77. The normalized spacial score (nSPS) is 15.2. The third-order valence-electron chi connectivity index (χ3n) is 4.19. The first kappa shape index (κ1) is 18.7. The van der Waals surface area contributed by atoms with Crippen LogP contribution < -0.4 is 10.6 Å². The highest BCUT2D eigenvalue weighted by molar-refractivity contribution is 5.92. The third-order valence-corrected chi connectivity index (χ3v) is 4.19. The molecule has 0 spiro atoms. The lowest BCUT2D eigenvalue weighted by Gasteiger charge is -2.30. The zero-order valence-electron chi connectivity index (χ0n) is 14.5. The number of carbonyl (C=O) groups is 3. The van der Waals surface area contributed by atoms with Crippen LogP contribution in [0.5, 0.6) is 0 Å². The average molecular weight is 343 g/mol. The first-order valence-electron chi connectivity index (χ1n) is 8.60. The van der Waals surface area contributed by atoms with Gasteiger partial charge in [-0.2, -0.15) is 0 Å². The lowest BCUT2D eigenvalue weighted by molar-refractivity contribution is -0.132. The number of nitrogens with one attached hydrogen (secondary N) is 2. The number of hydrogen-bond donors (Lipinski definition) is 2. The number of likely N-dealkylation sites (tertiary alicyclic amines) is 1. The molecule has 1 aliphatic heterocycles. The minimum atomic E-state index is -0.107. The Bertz CT molecular complexity index is 620. The van der Waals surface area contributed by atoms with Gasteiger partial charge in [0, 0.05) is 45.1 Å². The first-order chi connectivity index (χ1) is 12.1. The topological polar surface area (TPSA) is 78.5 Å². The molecule has 0 saturated carbocycles. The summed E-state index contributed by atoms with van der Waals surface area (Å²) < 4.78 is 0. The van der Waals surface area contributed by atoms with Gasteiger partial charge in [0.2, 0.25) is 17.7 Å². The molecule has 1 aromatic rings. The van der Waals surface area contributed by atoms with Gasteiger partial charge in [-0.3, -0.25) is 14.4 Å². The van der Waals surface area contributed by atoms with Crippen LogP contribution in [0.3, 0.4) is 0 Å². The Balaban J connectivity index is 1.71. The van der Waals surface area contributed by atoms with Crippen LogP contribution in [0.2, 0.25) is 0 Å². The van der Waals surface area contributed by atoms with Crippen molar-refractivity contribution in [2.75, 3.05) is 26.2 Å². The highest BCUT2D eigenvalue weighted by Crippen LogP contribution is 2.17. The minimum Gasteiger partial charge on any atom is -0.355 e. The van der Waals surface area contributed by atoms with Crippen molar-refractivity contribution in [3.63, 3.8) is 0 Å². The molecule has 1 fully saturated rings. The summed E-state index contributed by atoms with van der Waals surface area (Å²) in [6.07, 6.45) is 4.72. The summed E-state index contributed by atoms with van der Waals surface area (Å²) >= 11 is 0. The number of carbonyl (C=O) groups excluding carboxylic acids is 3. The van der Waals surface area contributed by atoms with E-state index in [0.717, 1.165) is 5.56 Å². The van der Waals surface area contributed by atoms with Crippen molar-refractivity contribution in [2.45, 2.75) is 19.8 Å². The van der Waals surface area contributed by atoms with E-state index in [0.29, 0.717) is 39.0 Å².